The molecule has 0 spiro atoms. The maximum absolute atomic E-state index is 11.0. The van der Waals surface area contributed by atoms with E-state index in [4.69, 9.17) is 10.6 Å². The van der Waals surface area contributed by atoms with Crippen LogP contribution in [-0.4, -0.2) is 29.1 Å². The van der Waals surface area contributed by atoms with Crippen molar-refractivity contribution in [2.45, 2.75) is 13.3 Å². The lowest BCUT2D eigenvalue weighted by molar-refractivity contribution is -0.142. The van der Waals surface area contributed by atoms with Gasteiger partial charge in [-0.25, -0.2) is 15.8 Å². The molecule has 1 rings (SSSR count). The molecule has 1 heterocycles. The summed E-state index contributed by atoms with van der Waals surface area (Å²) in [7, 11) is 0. The van der Waals surface area contributed by atoms with Gasteiger partial charge in [0.05, 0.1) is 13.0 Å². The Hall–Kier alpha value is -1.89. The first kappa shape index (κ1) is 12.2. The molecule has 4 N–H and O–H groups in total. The monoisotopic (exact) mass is 225 g/mol. The molecule has 0 aliphatic heterocycles. The summed E-state index contributed by atoms with van der Waals surface area (Å²) in [6.45, 7) is 2.63. The number of hydrogen-bond acceptors (Lipinski definition) is 7. The molecule has 0 fully saturated rings. The number of carbonyl (C=O) groups is 1. The number of hydrogen-bond donors (Lipinski definition) is 3. The molecule has 1 aromatic rings. The Labute approximate surface area is 93.4 Å². The number of nitrogen functional groups attached to an aromatic ring is 1. The van der Waals surface area contributed by atoms with Crippen molar-refractivity contribution in [3.63, 3.8) is 0 Å². The number of ether oxygens (including phenoxy) is 1. The normalized spacial score (nSPS) is 9.62. The molecular formula is C9H15N5O2. The molecular weight excluding hydrogens is 210 g/mol. The molecule has 0 aliphatic carbocycles. The lowest BCUT2D eigenvalue weighted by atomic mass is 10.4. The van der Waals surface area contributed by atoms with Crippen LogP contribution in [0.3, 0.4) is 0 Å². The van der Waals surface area contributed by atoms with E-state index in [0.29, 0.717) is 31.2 Å². The van der Waals surface area contributed by atoms with Crippen LogP contribution in [0.4, 0.5) is 11.6 Å². The highest BCUT2D eigenvalue weighted by molar-refractivity contribution is 5.70. The van der Waals surface area contributed by atoms with Crippen molar-refractivity contribution in [2.75, 3.05) is 23.9 Å². The molecule has 1 aromatic heterocycles. The molecule has 7 nitrogen and oxygen atoms in total. The SMILES string of the molecule is CCOC(=O)CCNc1cc(NN)ncn1. The van der Waals surface area contributed by atoms with Crippen LogP contribution in [0.5, 0.6) is 0 Å². The van der Waals surface area contributed by atoms with E-state index < -0.39 is 0 Å². The Morgan fingerprint density at radius 2 is 2.25 bits per heavy atom. The van der Waals surface area contributed by atoms with Crippen LogP contribution in [0.1, 0.15) is 13.3 Å². The molecule has 0 atom stereocenters. The zero-order valence-electron chi connectivity index (χ0n) is 9.06. The van der Waals surface area contributed by atoms with Gasteiger partial charge in [-0.05, 0) is 6.92 Å². The second kappa shape index (κ2) is 6.57. The van der Waals surface area contributed by atoms with Gasteiger partial charge >= 0.3 is 5.97 Å². The molecule has 0 saturated heterocycles. The minimum Gasteiger partial charge on any atom is -0.466 e. The molecule has 0 unspecified atom stereocenters. The molecule has 0 saturated carbocycles. The molecule has 0 aromatic carbocycles. The number of nitrogens with one attached hydrogen (secondary N) is 2. The van der Waals surface area contributed by atoms with Crippen LogP contribution in [0.25, 0.3) is 0 Å². The van der Waals surface area contributed by atoms with Gasteiger partial charge in [-0.1, -0.05) is 0 Å². The van der Waals surface area contributed by atoms with Crippen molar-refractivity contribution in [3.05, 3.63) is 12.4 Å². The lowest BCUT2D eigenvalue weighted by Gasteiger charge is -2.06. The lowest BCUT2D eigenvalue weighted by Crippen LogP contribution is -2.13. The van der Waals surface area contributed by atoms with Gasteiger partial charge in [-0.3, -0.25) is 4.79 Å². The summed E-state index contributed by atoms with van der Waals surface area (Å²) in [5.74, 6) is 6.07. The van der Waals surface area contributed by atoms with Crippen LogP contribution in [0.2, 0.25) is 0 Å². The highest BCUT2D eigenvalue weighted by Gasteiger charge is 2.01. The molecule has 88 valence electrons. The number of nitrogens with two attached hydrogens (primary N) is 1. The maximum Gasteiger partial charge on any atom is 0.307 e. The third kappa shape index (κ3) is 4.09. The Kier molecular flexibility index (Phi) is 5.00. The standard InChI is InChI=1S/C9H15N5O2/c1-2-16-9(15)3-4-11-7-5-8(14-10)13-6-12-7/h5-6H,2-4,10H2,1H3,(H2,11,12,13,14). The average Bonchev–Trinajstić information content (AvgIpc) is 2.30. The van der Waals surface area contributed by atoms with Crippen LogP contribution in [0.15, 0.2) is 12.4 Å². The molecule has 16 heavy (non-hydrogen) atoms. The predicted octanol–water partition coefficient (Wildman–Crippen LogP) is 0.127. The summed E-state index contributed by atoms with van der Waals surface area (Å²) in [6.07, 6.45) is 1.67. The summed E-state index contributed by atoms with van der Waals surface area (Å²) < 4.78 is 4.78. The van der Waals surface area contributed by atoms with E-state index in [9.17, 15) is 4.79 Å². The molecule has 0 radical (unpaired) electrons. The van der Waals surface area contributed by atoms with Gasteiger partial charge in [0.25, 0.3) is 0 Å². The van der Waals surface area contributed by atoms with Crippen LogP contribution in [0, 0.1) is 0 Å². The van der Waals surface area contributed by atoms with Crippen molar-refractivity contribution in [3.8, 4) is 0 Å². The number of rotatable bonds is 6. The zero-order chi connectivity index (χ0) is 11.8. The van der Waals surface area contributed by atoms with Gasteiger partial charge in [-0.2, -0.15) is 0 Å². The Balaban J connectivity index is 2.34. The molecule has 0 aliphatic rings. The van der Waals surface area contributed by atoms with E-state index in [-0.39, 0.29) is 5.97 Å². The van der Waals surface area contributed by atoms with E-state index in [0.717, 1.165) is 0 Å². The molecule has 0 amide bonds. The smallest absolute Gasteiger partial charge is 0.307 e. The van der Waals surface area contributed by atoms with E-state index >= 15 is 0 Å². The van der Waals surface area contributed by atoms with Gasteiger partial charge in [-0.15, -0.1) is 0 Å². The van der Waals surface area contributed by atoms with Gasteiger partial charge in [0, 0.05) is 12.6 Å². The Morgan fingerprint density at radius 1 is 1.50 bits per heavy atom. The number of hydrazine groups is 1. The van der Waals surface area contributed by atoms with E-state index in [1.165, 1.54) is 6.33 Å². The third-order valence-electron chi connectivity index (χ3n) is 1.76. The number of nitrogens with zero attached hydrogens (tertiary/aromatic N) is 2. The fraction of sp³-hybridized carbons (Fsp3) is 0.444. The third-order valence-corrected chi connectivity index (χ3v) is 1.76. The summed E-state index contributed by atoms with van der Waals surface area (Å²) in [5, 5.41) is 2.96. The first-order valence-electron chi connectivity index (χ1n) is 4.94. The first-order valence-corrected chi connectivity index (χ1v) is 4.94. The first-order chi connectivity index (χ1) is 7.76. The minimum absolute atomic E-state index is 0.235. The number of esters is 1. The quantitative estimate of drug-likeness (QED) is 0.359. The summed E-state index contributed by atoms with van der Waals surface area (Å²) in [6, 6.07) is 1.64. The maximum atomic E-state index is 11.0. The van der Waals surface area contributed by atoms with E-state index in [1.807, 2.05) is 0 Å². The zero-order valence-corrected chi connectivity index (χ0v) is 9.06. The predicted molar refractivity (Wildman–Crippen MR) is 59.6 cm³/mol. The molecule has 0 bridgehead atoms. The van der Waals surface area contributed by atoms with Crippen LogP contribution < -0.4 is 16.6 Å². The fourth-order valence-electron chi connectivity index (χ4n) is 1.06. The largest absolute Gasteiger partial charge is 0.466 e. The highest BCUT2D eigenvalue weighted by Crippen LogP contribution is 2.06. The second-order valence-electron chi connectivity index (χ2n) is 2.91. The van der Waals surface area contributed by atoms with Gasteiger partial charge in [0.15, 0.2) is 0 Å². The summed E-state index contributed by atoms with van der Waals surface area (Å²) in [5.41, 5.74) is 2.40. The highest BCUT2D eigenvalue weighted by atomic mass is 16.5. The number of carbonyl (C=O) groups excluding carboxylic acids is 1. The fourth-order valence-corrected chi connectivity index (χ4v) is 1.06. The van der Waals surface area contributed by atoms with Gasteiger partial charge < -0.3 is 15.5 Å². The van der Waals surface area contributed by atoms with Gasteiger partial charge in [0.1, 0.15) is 18.0 Å². The Morgan fingerprint density at radius 3 is 2.94 bits per heavy atom. The van der Waals surface area contributed by atoms with Crippen molar-refractivity contribution in [1.29, 1.82) is 0 Å². The number of aromatic nitrogens is 2. The van der Waals surface area contributed by atoms with E-state index in [2.05, 4.69) is 20.7 Å². The number of anilines is 2. The molecule has 7 heteroatoms. The Bertz CT molecular complexity index is 344. The topological polar surface area (TPSA) is 102 Å². The van der Waals surface area contributed by atoms with Crippen molar-refractivity contribution < 1.29 is 9.53 Å². The second-order valence-corrected chi connectivity index (χ2v) is 2.91. The average molecular weight is 225 g/mol. The van der Waals surface area contributed by atoms with Crippen LogP contribution in [-0.2, 0) is 9.53 Å². The summed E-state index contributed by atoms with van der Waals surface area (Å²) in [4.78, 5) is 18.8. The van der Waals surface area contributed by atoms with Crippen molar-refractivity contribution in [1.82, 2.24) is 9.97 Å². The van der Waals surface area contributed by atoms with Gasteiger partial charge in [0.2, 0.25) is 0 Å². The van der Waals surface area contributed by atoms with Crippen molar-refractivity contribution in [2.24, 2.45) is 5.84 Å². The van der Waals surface area contributed by atoms with Crippen LogP contribution >= 0.6 is 0 Å². The minimum atomic E-state index is -0.235. The van der Waals surface area contributed by atoms with Crippen molar-refractivity contribution >= 4 is 17.6 Å². The van der Waals surface area contributed by atoms with E-state index in [1.54, 1.807) is 13.0 Å². The summed E-state index contributed by atoms with van der Waals surface area (Å²) >= 11 is 0.